The van der Waals surface area contributed by atoms with E-state index in [1.165, 1.54) is 0 Å². The Bertz CT molecular complexity index is 592. The van der Waals surface area contributed by atoms with Crippen LogP contribution in [0.4, 0.5) is 0 Å². The summed E-state index contributed by atoms with van der Waals surface area (Å²) < 4.78 is 27.9. The summed E-state index contributed by atoms with van der Waals surface area (Å²) >= 11 is 6.08. The van der Waals surface area contributed by atoms with Gasteiger partial charge in [-0.3, -0.25) is 0 Å². The smallest absolute Gasteiger partial charge is 0.242 e. The van der Waals surface area contributed by atoms with Gasteiger partial charge in [0, 0.05) is 19.1 Å². The standard InChI is InChI=1S/C14H22ClN3O2S/c1-16-9-11-5-6-13(15)14(8-11)21(19,20)17-12-4-3-7-18(2)10-12/h5-6,8,12,16-17H,3-4,7,9-10H2,1-2H3. The molecule has 2 N–H and O–H groups in total. The van der Waals surface area contributed by atoms with Crippen molar-refractivity contribution in [1.82, 2.24) is 14.9 Å². The van der Waals surface area contributed by atoms with Crippen LogP contribution in [0.5, 0.6) is 0 Å². The molecule has 0 amide bonds. The minimum absolute atomic E-state index is 0.0576. The number of nitrogens with one attached hydrogen (secondary N) is 2. The lowest BCUT2D eigenvalue weighted by molar-refractivity contribution is 0.242. The third-order valence-corrected chi connectivity index (χ3v) is 5.61. The summed E-state index contributed by atoms with van der Waals surface area (Å²) in [6.45, 7) is 2.34. The van der Waals surface area contributed by atoms with Crippen LogP contribution in [0.1, 0.15) is 18.4 Å². The van der Waals surface area contributed by atoms with E-state index >= 15 is 0 Å². The van der Waals surface area contributed by atoms with Gasteiger partial charge in [0.15, 0.2) is 0 Å². The molecule has 0 saturated carbocycles. The molecule has 0 radical (unpaired) electrons. The molecular weight excluding hydrogens is 310 g/mol. The van der Waals surface area contributed by atoms with E-state index in [1.807, 2.05) is 20.2 Å². The molecule has 1 unspecified atom stereocenters. The maximum absolute atomic E-state index is 12.5. The van der Waals surface area contributed by atoms with Crippen molar-refractivity contribution in [3.05, 3.63) is 28.8 Å². The Hall–Kier alpha value is -0.660. The van der Waals surface area contributed by atoms with Crippen LogP contribution >= 0.6 is 11.6 Å². The largest absolute Gasteiger partial charge is 0.316 e. The van der Waals surface area contributed by atoms with Gasteiger partial charge in [0.25, 0.3) is 0 Å². The Balaban J connectivity index is 2.20. The van der Waals surface area contributed by atoms with Gasteiger partial charge in [0.05, 0.1) is 5.02 Å². The van der Waals surface area contributed by atoms with Gasteiger partial charge in [-0.15, -0.1) is 0 Å². The molecule has 1 saturated heterocycles. The second-order valence-corrected chi connectivity index (χ2v) is 7.61. The second-order valence-electron chi connectivity index (χ2n) is 5.52. The topological polar surface area (TPSA) is 61.4 Å². The highest BCUT2D eigenvalue weighted by molar-refractivity contribution is 7.89. The molecule has 0 bridgehead atoms. The van der Waals surface area contributed by atoms with E-state index in [2.05, 4.69) is 14.9 Å². The van der Waals surface area contributed by atoms with Gasteiger partial charge in [-0.05, 0) is 51.2 Å². The van der Waals surface area contributed by atoms with E-state index in [-0.39, 0.29) is 16.0 Å². The van der Waals surface area contributed by atoms with E-state index in [0.29, 0.717) is 6.54 Å². The summed E-state index contributed by atoms with van der Waals surface area (Å²) in [6.07, 6.45) is 1.86. The van der Waals surface area contributed by atoms with Crippen molar-refractivity contribution in [2.45, 2.75) is 30.3 Å². The normalized spacial score (nSPS) is 20.6. The van der Waals surface area contributed by atoms with Gasteiger partial charge < -0.3 is 10.2 Å². The van der Waals surface area contributed by atoms with Crippen molar-refractivity contribution in [2.75, 3.05) is 27.2 Å². The van der Waals surface area contributed by atoms with Crippen LogP contribution in [0.15, 0.2) is 23.1 Å². The molecular formula is C14H22ClN3O2S. The summed E-state index contributed by atoms with van der Waals surface area (Å²) in [5, 5.41) is 3.26. The Morgan fingerprint density at radius 1 is 1.43 bits per heavy atom. The zero-order valence-electron chi connectivity index (χ0n) is 12.4. The van der Waals surface area contributed by atoms with E-state index in [0.717, 1.165) is 31.5 Å². The zero-order valence-corrected chi connectivity index (χ0v) is 14.0. The number of halogens is 1. The maximum Gasteiger partial charge on any atom is 0.242 e. The van der Waals surface area contributed by atoms with E-state index < -0.39 is 10.0 Å². The molecule has 0 aromatic heterocycles. The molecule has 118 valence electrons. The van der Waals surface area contributed by atoms with Gasteiger partial charge in [-0.1, -0.05) is 17.7 Å². The Morgan fingerprint density at radius 3 is 2.86 bits per heavy atom. The van der Waals surface area contributed by atoms with Crippen LogP contribution in [-0.2, 0) is 16.6 Å². The summed E-state index contributed by atoms with van der Waals surface area (Å²) in [4.78, 5) is 2.29. The number of piperidine rings is 1. The lowest BCUT2D eigenvalue weighted by Gasteiger charge is -2.30. The lowest BCUT2D eigenvalue weighted by atomic mass is 10.1. The first-order valence-corrected chi connectivity index (χ1v) is 8.92. The third kappa shape index (κ3) is 4.40. The molecule has 2 rings (SSSR count). The predicted molar refractivity (Wildman–Crippen MR) is 85.1 cm³/mol. The summed E-state index contributed by atoms with van der Waals surface area (Å²) in [7, 11) is 0.228. The van der Waals surface area contributed by atoms with Crippen LogP contribution in [0.3, 0.4) is 0 Å². The zero-order chi connectivity index (χ0) is 15.5. The first-order valence-electron chi connectivity index (χ1n) is 7.06. The van der Waals surface area contributed by atoms with Crippen molar-refractivity contribution in [3.8, 4) is 0 Å². The maximum atomic E-state index is 12.5. The molecule has 1 aliphatic heterocycles. The van der Waals surface area contributed by atoms with Crippen LogP contribution in [0, 0.1) is 0 Å². The number of likely N-dealkylation sites (tertiary alicyclic amines) is 1. The molecule has 1 fully saturated rings. The number of benzene rings is 1. The monoisotopic (exact) mass is 331 g/mol. The number of hydrogen-bond donors (Lipinski definition) is 2. The van der Waals surface area contributed by atoms with Gasteiger partial charge in [0.1, 0.15) is 4.90 Å². The summed E-state index contributed by atoms with van der Waals surface area (Å²) in [5.74, 6) is 0. The predicted octanol–water partition coefficient (Wildman–Crippen LogP) is 1.43. The van der Waals surface area contributed by atoms with Crippen LogP contribution in [-0.4, -0.2) is 46.5 Å². The number of nitrogens with zero attached hydrogens (tertiary/aromatic N) is 1. The van der Waals surface area contributed by atoms with Gasteiger partial charge in [0.2, 0.25) is 10.0 Å². The molecule has 1 aliphatic rings. The average molecular weight is 332 g/mol. The first kappa shape index (κ1) is 16.7. The van der Waals surface area contributed by atoms with E-state index in [4.69, 9.17) is 11.6 Å². The fraction of sp³-hybridized carbons (Fsp3) is 0.571. The third-order valence-electron chi connectivity index (χ3n) is 3.61. The number of sulfonamides is 1. The lowest BCUT2D eigenvalue weighted by Crippen LogP contribution is -2.46. The average Bonchev–Trinajstić information content (AvgIpc) is 2.40. The highest BCUT2D eigenvalue weighted by Gasteiger charge is 2.25. The van der Waals surface area contributed by atoms with Gasteiger partial charge in [-0.2, -0.15) is 0 Å². The molecule has 1 atom stereocenters. The molecule has 21 heavy (non-hydrogen) atoms. The number of likely N-dealkylation sites (N-methyl/N-ethyl adjacent to an activating group) is 1. The molecule has 1 aromatic carbocycles. The summed E-state index contributed by atoms with van der Waals surface area (Å²) in [6, 6.07) is 5.04. The molecule has 5 nitrogen and oxygen atoms in total. The SMILES string of the molecule is CNCc1ccc(Cl)c(S(=O)(=O)NC2CCCN(C)C2)c1. The van der Waals surface area contributed by atoms with Crippen molar-refractivity contribution < 1.29 is 8.42 Å². The van der Waals surface area contributed by atoms with Crippen molar-refractivity contribution >= 4 is 21.6 Å². The van der Waals surface area contributed by atoms with Gasteiger partial charge >= 0.3 is 0 Å². The highest BCUT2D eigenvalue weighted by atomic mass is 35.5. The van der Waals surface area contributed by atoms with Gasteiger partial charge in [-0.25, -0.2) is 13.1 Å². The second kappa shape index (κ2) is 7.07. The Kier molecular flexibility index (Phi) is 5.62. The van der Waals surface area contributed by atoms with Crippen molar-refractivity contribution in [2.24, 2.45) is 0 Å². The molecule has 1 aromatic rings. The fourth-order valence-corrected chi connectivity index (χ4v) is 4.43. The Morgan fingerprint density at radius 2 is 2.19 bits per heavy atom. The molecule has 0 spiro atoms. The highest BCUT2D eigenvalue weighted by Crippen LogP contribution is 2.23. The fourth-order valence-electron chi connectivity index (χ4n) is 2.61. The Labute approximate surface area is 131 Å². The van der Waals surface area contributed by atoms with E-state index in [1.54, 1.807) is 12.1 Å². The van der Waals surface area contributed by atoms with Crippen LogP contribution in [0.2, 0.25) is 5.02 Å². The first-order chi connectivity index (χ1) is 9.92. The molecule has 7 heteroatoms. The minimum Gasteiger partial charge on any atom is -0.316 e. The molecule has 1 heterocycles. The minimum atomic E-state index is -3.59. The van der Waals surface area contributed by atoms with Crippen LogP contribution < -0.4 is 10.0 Å². The number of hydrogen-bond acceptors (Lipinski definition) is 4. The van der Waals surface area contributed by atoms with Crippen molar-refractivity contribution in [1.29, 1.82) is 0 Å². The van der Waals surface area contributed by atoms with E-state index in [9.17, 15) is 8.42 Å². The summed E-state index contributed by atoms with van der Waals surface area (Å²) in [5.41, 5.74) is 0.892. The van der Waals surface area contributed by atoms with Crippen molar-refractivity contribution in [3.63, 3.8) is 0 Å². The van der Waals surface area contributed by atoms with Crippen LogP contribution in [0.25, 0.3) is 0 Å². The number of rotatable bonds is 5. The molecule has 0 aliphatic carbocycles. The quantitative estimate of drug-likeness (QED) is 0.857.